The second kappa shape index (κ2) is 8.19. The van der Waals surface area contributed by atoms with Gasteiger partial charge in [0, 0.05) is 13.1 Å². The third-order valence-corrected chi connectivity index (χ3v) is 4.60. The number of nitrogens with zero attached hydrogens (tertiary/aromatic N) is 3. The molecule has 1 heterocycles. The van der Waals surface area contributed by atoms with Gasteiger partial charge in [-0.05, 0) is 57.4 Å². The molecule has 0 radical (unpaired) electrons. The molecule has 1 aromatic heterocycles. The molecule has 0 atom stereocenters. The summed E-state index contributed by atoms with van der Waals surface area (Å²) in [6, 6.07) is 6.21. The lowest BCUT2D eigenvalue weighted by atomic mass is 10.1. The van der Waals surface area contributed by atoms with Crippen LogP contribution in [0.2, 0.25) is 0 Å². The van der Waals surface area contributed by atoms with Crippen molar-refractivity contribution in [3.8, 4) is 17.4 Å². The van der Waals surface area contributed by atoms with Crippen LogP contribution in [-0.2, 0) is 0 Å². The number of aromatic nitrogens is 2. The number of aryl methyl sites for hydroxylation is 2. The van der Waals surface area contributed by atoms with Gasteiger partial charge in [0.2, 0.25) is 5.88 Å². The highest BCUT2D eigenvalue weighted by Gasteiger charge is 2.19. The molecule has 136 valence electrons. The Morgan fingerprint density at radius 2 is 1.76 bits per heavy atom. The third-order valence-electron chi connectivity index (χ3n) is 4.60. The van der Waals surface area contributed by atoms with E-state index in [0.29, 0.717) is 17.7 Å². The van der Waals surface area contributed by atoms with E-state index < -0.39 is 0 Å². The summed E-state index contributed by atoms with van der Waals surface area (Å²) < 4.78 is 11.4. The van der Waals surface area contributed by atoms with Gasteiger partial charge in [-0.3, -0.25) is 0 Å². The average molecular weight is 343 g/mol. The molecule has 0 saturated carbocycles. The van der Waals surface area contributed by atoms with Crippen LogP contribution in [0.1, 0.15) is 43.6 Å². The second-order valence-electron chi connectivity index (χ2n) is 6.34. The molecule has 0 unspecified atom stereocenters. The summed E-state index contributed by atoms with van der Waals surface area (Å²) in [6.07, 6.45) is 2.15. The van der Waals surface area contributed by atoms with E-state index in [1.807, 2.05) is 39.0 Å². The lowest BCUT2D eigenvalue weighted by molar-refractivity contribution is 0.410. The van der Waals surface area contributed by atoms with Crippen LogP contribution in [0.15, 0.2) is 18.2 Å². The molecule has 5 nitrogen and oxygen atoms in total. The number of hydrogen-bond donors (Lipinski definition) is 0. The Hall–Kier alpha value is -2.30. The molecule has 0 amide bonds. The summed E-state index contributed by atoms with van der Waals surface area (Å²) in [5, 5.41) is 0. The van der Waals surface area contributed by atoms with E-state index in [4.69, 9.17) is 9.47 Å². The molecule has 0 aliphatic carbocycles. The number of anilines is 1. The fourth-order valence-corrected chi connectivity index (χ4v) is 3.01. The van der Waals surface area contributed by atoms with E-state index >= 15 is 0 Å². The van der Waals surface area contributed by atoms with Crippen LogP contribution in [-0.4, -0.2) is 30.2 Å². The Labute approximate surface area is 151 Å². The van der Waals surface area contributed by atoms with Gasteiger partial charge in [-0.1, -0.05) is 13.8 Å². The van der Waals surface area contributed by atoms with E-state index in [9.17, 15) is 0 Å². The first-order valence-electron chi connectivity index (χ1n) is 8.81. The van der Waals surface area contributed by atoms with Crippen molar-refractivity contribution in [2.45, 2.75) is 53.5 Å². The summed E-state index contributed by atoms with van der Waals surface area (Å²) in [6.45, 7) is 10.3. The predicted octanol–water partition coefficient (Wildman–Crippen LogP) is 4.83. The van der Waals surface area contributed by atoms with E-state index in [-0.39, 0.29) is 0 Å². The van der Waals surface area contributed by atoms with Gasteiger partial charge < -0.3 is 14.4 Å². The van der Waals surface area contributed by atoms with Gasteiger partial charge in [-0.2, -0.15) is 4.98 Å². The maximum Gasteiger partial charge on any atom is 0.227 e. The molecule has 0 aliphatic rings. The number of benzene rings is 1. The Balaban J connectivity index is 2.39. The van der Waals surface area contributed by atoms with Crippen molar-refractivity contribution in [3.63, 3.8) is 0 Å². The van der Waals surface area contributed by atoms with Gasteiger partial charge in [0.25, 0.3) is 0 Å². The van der Waals surface area contributed by atoms with Crippen LogP contribution < -0.4 is 14.4 Å². The van der Waals surface area contributed by atoms with Crippen molar-refractivity contribution >= 4 is 5.82 Å². The van der Waals surface area contributed by atoms with E-state index in [1.165, 1.54) is 0 Å². The van der Waals surface area contributed by atoms with Crippen LogP contribution in [0.5, 0.6) is 17.4 Å². The molecule has 0 N–H and O–H groups in total. The number of ether oxygens (including phenoxy) is 2. The van der Waals surface area contributed by atoms with Crippen LogP contribution >= 0.6 is 0 Å². The standard InChI is InChI=1S/C20H29N3O2/c1-8-16(9-2)23(6)19-14(4)20(22-15(5)21-19)25-18-11-10-17(24-7)12-13(18)3/h10-12,16H,8-9H2,1-7H3. The molecule has 0 fully saturated rings. The fraction of sp³-hybridized carbons (Fsp3) is 0.500. The minimum atomic E-state index is 0.448. The van der Waals surface area contributed by atoms with Crippen molar-refractivity contribution < 1.29 is 9.47 Å². The van der Waals surface area contributed by atoms with Crippen molar-refractivity contribution in [2.24, 2.45) is 0 Å². The summed E-state index contributed by atoms with van der Waals surface area (Å²) in [7, 11) is 3.75. The predicted molar refractivity (Wildman–Crippen MR) is 102 cm³/mol. The molecule has 25 heavy (non-hydrogen) atoms. The van der Waals surface area contributed by atoms with Crippen LogP contribution in [0.25, 0.3) is 0 Å². The monoisotopic (exact) mass is 343 g/mol. The number of rotatable bonds is 7. The first-order valence-corrected chi connectivity index (χ1v) is 8.81. The maximum absolute atomic E-state index is 6.12. The zero-order chi connectivity index (χ0) is 18.6. The Morgan fingerprint density at radius 3 is 2.32 bits per heavy atom. The Kier molecular flexibility index (Phi) is 6.23. The molecule has 5 heteroatoms. The summed E-state index contributed by atoms with van der Waals surface area (Å²) in [5.41, 5.74) is 1.96. The highest BCUT2D eigenvalue weighted by Crippen LogP contribution is 2.32. The molecule has 0 spiro atoms. The van der Waals surface area contributed by atoms with Crippen LogP contribution in [0.3, 0.4) is 0 Å². The SMILES string of the molecule is CCC(CC)N(C)c1nc(C)nc(Oc2ccc(OC)cc2C)c1C. The smallest absolute Gasteiger partial charge is 0.227 e. The molecule has 0 aliphatic heterocycles. The third kappa shape index (κ3) is 4.21. The maximum atomic E-state index is 6.12. The summed E-state index contributed by atoms with van der Waals surface area (Å²) in [4.78, 5) is 11.4. The average Bonchev–Trinajstić information content (AvgIpc) is 2.60. The highest BCUT2D eigenvalue weighted by molar-refractivity contribution is 5.52. The number of methoxy groups -OCH3 is 1. The van der Waals surface area contributed by atoms with Gasteiger partial charge in [0.1, 0.15) is 23.1 Å². The first-order chi connectivity index (χ1) is 11.9. The van der Waals surface area contributed by atoms with Gasteiger partial charge in [0.05, 0.1) is 12.7 Å². The highest BCUT2D eigenvalue weighted by atomic mass is 16.5. The van der Waals surface area contributed by atoms with Crippen molar-refractivity contribution in [1.29, 1.82) is 0 Å². The lowest BCUT2D eigenvalue weighted by Gasteiger charge is -2.29. The minimum absolute atomic E-state index is 0.448. The quantitative estimate of drug-likeness (QED) is 0.721. The van der Waals surface area contributed by atoms with Gasteiger partial charge in [-0.15, -0.1) is 0 Å². The topological polar surface area (TPSA) is 47.5 Å². The molecule has 2 aromatic rings. The molecule has 0 bridgehead atoms. The molecular weight excluding hydrogens is 314 g/mol. The fourth-order valence-electron chi connectivity index (χ4n) is 3.01. The lowest BCUT2D eigenvalue weighted by Crippen LogP contribution is -2.32. The molecule has 0 saturated heterocycles. The van der Waals surface area contributed by atoms with E-state index in [2.05, 4.69) is 35.8 Å². The van der Waals surface area contributed by atoms with Crippen LogP contribution in [0.4, 0.5) is 5.82 Å². The normalized spacial score (nSPS) is 10.9. The Bertz CT molecular complexity index is 727. The van der Waals surface area contributed by atoms with E-state index in [1.54, 1.807) is 7.11 Å². The summed E-state index contributed by atoms with van der Waals surface area (Å²) in [5.74, 6) is 3.84. The van der Waals surface area contributed by atoms with Crippen LogP contribution in [0, 0.1) is 20.8 Å². The minimum Gasteiger partial charge on any atom is -0.497 e. The van der Waals surface area contributed by atoms with Gasteiger partial charge >= 0.3 is 0 Å². The number of hydrogen-bond acceptors (Lipinski definition) is 5. The molecule has 2 rings (SSSR count). The Morgan fingerprint density at radius 1 is 1.08 bits per heavy atom. The van der Waals surface area contributed by atoms with Crippen molar-refractivity contribution in [1.82, 2.24) is 9.97 Å². The van der Waals surface area contributed by atoms with Gasteiger partial charge in [-0.25, -0.2) is 4.98 Å². The van der Waals surface area contributed by atoms with Crippen molar-refractivity contribution in [3.05, 3.63) is 35.2 Å². The zero-order valence-corrected chi connectivity index (χ0v) is 16.4. The van der Waals surface area contributed by atoms with Crippen molar-refractivity contribution in [2.75, 3.05) is 19.1 Å². The second-order valence-corrected chi connectivity index (χ2v) is 6.34. The zero-order valence-electron chi connectivity index (χ0n) is 16.4. The largest absolute Gasteiger partial charge is 0.497 e. The molecule has 1 aromatic carbocycles. The molecular formula is C20H29N3O2. The van der Waals surface area contributed by atoms with E-state index in [0.717, 1.165) is 41.3 Å². The first kappa shape index (κ1) is 19.0. The van der Waals surface area contributed by atoms with Gasteiger partial charge in [0.15, 0.2) is 0 Å². The summed E-state index contributed by atoms with van der Waals surface area (Å²) >= 11 is 0.